The molecule has 1 unspecified atom stereocenters. The Bertz CT molecular complexity index is 517. The summed E-state index contributed by atoms with van der Waals surface area (Å²) in [6.07, 6.45) is 2.41. The maximum absolute atomic E-state index is 11.8. The van der Waals surface area contributed by atoms with Crippen LogP contribution in [0.15, 0.2) is 24.3 Å². The molecule has 17 heavy (non-hydrogen) atoms. The Hall–Kier alpha value is -0.930. The zero-order valence-corrected chi connectivity index (χ0v) is 11.3. The van der Waals surface area contributed by atoms with Crippen molar-refractivity contribution in [3.8, 4) is 0 Å². The number of ketones is 2. The van der Waals surface area contributed by atoms with Crippen LogP contribution in [0.25, 0.3) is 0 Å². The minimum absolute atomic E-state index is 0.00304. The van der Waals surface area contributed by atoms with Crippen LogP contribution in [-0.4, -0.2) is 22.7 Å². The van der Waals surface area contributed by atoms with Crippen LogP contribution in [0.5, 0.6) is 0 Å². The average Bonchev–Trinajstić information content (AvgIpc) is 2.55. The zero-order chi connectivity index (χ0) is 12.6. The highest BCUT2D eigenvalue weighted by Crippen LogP contribution is 2.42. The first-order chi connectivity index (χ1) is 8.00. The fourth-order valence-corrected chi connectivity index (χ4v) is 4.40. The van der Waals surface area contributed by atoms with Gasteiger partial charge in [-0.05, 0) is 30.9 Å². The van der Waals surface area contributed by atoms with Gasteiger partial charge in [0.15, 0.2) is 11.6 Å². The van der Waals surface area contributed by atoms with Gasteiger partial charge >= 0.3 is 0 Å². The van der Waals surface area contributed by atoms with Crippen LogP contribution in [0.4, 0.5) is 0 Å². The number of halogens is 1. The van der Waals surface area contributed by atoms with Crippen LogP contribution in [0.2, 0.25) is 5.02 Å². The molecule has 0 fully saturated rings. The van der Waals surface area contributed by atoms with Gasteiger partial charge in [-0.3, -0.25) is 9.59 Å². The molecule has 0 saturated heterocycles. The van der Waals surface area contributed by atoms with Gasteiger partial charge in [0.1, 0.15) is 0 Å². The minimum Gasteiger partial charge on any atom is -0.294 e. The SMILES string of the molecule is CC(=O)C1=S(C)[C@H](c2ccc(Cl)cc2)CC1=O. The van der Waals surface area contributed by atoms with Gasteiger partial charge in [0.25, 0.3) is 0 Å². The van der Waals surface area contributed by atoms with Crippen molar-refractivity contribution in [2.75, 3.05) is 6.26 Å². The number of hydrogen-bond donors (Lipinski definition) is 0. The fraction of sp³-hybridized carbons (Fsp3) is 0.308. The lowest BCUT2D eigenvalue weighted by Gasteiger charge is -2.12. The van der Waals surface area contributed by atoms with Crippen LogP contribution in [0.1, 0.15) is 24.2 Å². The molecule has 4 heteroatoms. The highest BCUT2D eigenvalue weighted by atomic mass is 35.5. The van der Waals surface area contributed by atoms with Crippen LogP contribution < -0.4 is 0 Å². The molecule has 0 radical (unpaired) electrons. The first kappa shape index (κ1) is 12.5. The molecule has 90 valence electrons. The van der Waals surface area contributed by atoms with Crippen molar-refractivity contribution in [3.05, 3.63) is 34.9 Å². The molecule has 1 aliphatic heterocycles. The fourth-order valence-electron chi connectivity index (χ4n) is 2.13. The number of carbonyl (C=O) groups is 2. The Labute approximate surface area is 108 Å². The third-order valence-corrected chi connectivity index (χ3v) is 5.64. The Kier molecular flexibility index (Phi) is 3.50. The van der Waals surface area contributed by atoms with E-state index in [-0.39, 0.29) is 27.3 Å². The molecule has 0 N–H and O–H groups in total. The number of rotatable bonds is 2. The van der Waals surface area contributed by atoms with Crippen LogP contribution in [0, 0.1) is 0 Å². The second-order valence-electron chi connectivity index (χ2n) is 4.11. The Morgan fingerprint density at radius 3 is 2.41 bits per heavy atom. The van der Waals surface area contributed by atoms with E-state index in [2.05, 4.69) is 0 Å². The van der Waals surface area contributed by atoms with Gasteiger partial charge in [0.05, 0.1) is 4.86 Å². The lowest BCUT2D eigenvalue weighted by atomic mass is 10.1. The largest absolute Gasteiger partial charge is 0.294 e. The monoisotopic (exact) mass is 268 g/mol. The highest BCUT2D eigenvalue weighted by Gasteiger charge is 2.32. The standard InChI is InChI=1S/C13H13ClO2S/c1-8(15)13-11(16)7-12(17(13)2)9-3-5-10(14)6-4-9/h3-6,12H,7H2,1-2H3/t12-,17?/m0/s1. The predicted molar refractivity (Wildman–Crippen MR) is 73.0 cm³/mol. The minimum atomic E-state index is -0.292. The van der Waals surface area contributed by atoms with E-state index >= 15 is 0 Å². The third kappa shape index (κ3) is 2.35. The van der Waals surface area contributed by atoms with Crippen molar-refractivity contribution in [2.24, 2.45) is 0 Å². The first-order valence-corrected chi connectivity index (χ1v) is 7.39. The summed E-state index contributed by atoms with van der Waals surface area (Å²) in [6.45, 7) is 1.47. The number of Topliss-reactive ketones (excluding diaryl/α,β-unsaturated/α-hetero) is 2. The van der Waals surface area contributed by atoms with Gasteiger partial charge in [-0.25, -0.2) is 0 Å². The molecule has 0 aromatic heterocycles. The molecule has 2 rings (SSSR count). The molecule has 0 aliphatic carbocycles. The lowest BCUT2D eigenvalue weighted by molar-refractivity contribution is -0.115. The summed E-state index contributed by atoms with van der Waals surface area (Å²) < 4.78 is 0. The second kappa shape index (κ2) is 4.75. The molecule has 0 amide bonds. The zero-order valence-electron chi connectivity index (χ0n) is 9.70. The van der Waals surface area contributed by atoms with Crippen molar-refractivity contribution in [2.45, 2.75) is 18.6 Å². The molecule has 2 atom stereocenters. The van der Waals surface area contributed by atoms with E-state index in [1.807, 2.05) is 30.5 Å². The molecule has 1 aromatic rings. The molecule has 1 aromatic carbocycles. The smallest absolute Gasteiger partial charge is 0.173 e. The van der Waals surface area contributed by atoms with Crippen LogP contribution in [0.3, 0.4) is 0 Å². The third-order valence-electron chi connectivity index (χ3n) is 2.93. The summed E-state index contributed by atoms with van der Waals surface area (Å²) in [5.41, 5.74) is 1.09. The van der Waals surface area contributed by atoms with Crippen molar-refractivity contribution >= 4 is 38.5 Å². The average molecular weight is 269 g/mol. The van der Waals surface area contributed by atoms with Gasteiger partial charge in [-0.2, -0.15) is 10.5 Å². The molecule has 0 saturated carbocycles. The maximum Gasteiger partial charge on any atom is 0.173 e. The van der Waals surface area contributed by atoms with E-state index in [9.17, 15) is 9.59 Å². The first-order valence-electron chi connectivity index (χ1n) is 5.32. The van der Waals surface area contributed by atoms with E-state index in [0.717, 1.165) is 5.56 Å². The van der Waals surface area contributed by atoms with Gasteiger partial charge in [0, 0.05) is 16.7 Å². The molecule has 2 nitrogen and oxygen atoms in total. The molecule has 0 spiro atoms. The van der Waals surface area contributed by atoms with E-state index in [1.54, 1.807) is 0 Å². The normalized spacial score (nSPS) is 24.2. The van der Waals surface area contributed by atoms with E-state index < -0.39 is 0 Å². The van der Waals surface area contributed by atoms with Crippen LogP contribution >= 0.6 is 22.1 Å². The van der Waals surface area contributed by atoms with Gasteiger partial charge < -0.3 is 0 Å². The Balaban J connectivity index is 2.40. The number of carbonyl (C=O) groups excluding carboxylic acids is 2. The summed E-state index contributed by atoms with van der Waals surface area (Å²) >= 11 is 5.84. The van der Waals surface area contributed by atoms with Gasteiger partial charge in [-0.15, -0.1) is 0 Å². The summed E-state index contributed by atoms with van der Waals surface area (Å²) in [6, 6.07) is 7.52. The highest BCUT2D eigenvalue weighted by molar-refractivity contribution is 8.18. The van der Waals surface area contributed by atoms with Crippen molar-refractivity contribution < 1.29 is 9.59 Å². The summed E-state index contributed by atoms with van der Waals surface area (Å²) in [7, 11) is -0.292. The van der Waals surface area contributed by atoms with Crippen LogP contribution in [-0.2, 0) is 9.59 Å². The molecule has 1 aliphatic rings. The predicted octanol–water partition coefficient (Wildman–Crippen LogP) is 3.01. The summed E-state index contributed by atoms with van der Waals surface area (Å²) in [4.78, 5) is 23.7. The molecule has 1 heterocycles. The lowest BCUT2D eigenvalue weighted by Crippen LogP contribution is -2.16. The topological polar surface area (TPSA) is 34.1 Å². The van der Waals surface area contributed by atoms with Gasteiger partial charge in [0.2, 0.25) is 0 Å². The van der Waals surface area contributed by atoms with Crippen molar-refractivity contribution in [3.63, 3.8) is 0 Å². The summed E-state index contributed by atoms with van der Waals surface area (Å²) in [5.74, 6) is -0.0828. The molecule has 0 bridgehead atoms. The van der Waals surface area contributed by atoms with Crippen molar-refractivity contribution in [1.82, 2.24) is 0 Å². The van der Waals surface area contributed by atoms with E-state index in [4.69, 9.17) is 11.6 Å². The second-order valence-corrected chi connectivity index (χ2v) is 6.64. The van der Waals surface area contributed by atoms with E-state index in [0.29, 0.717) is 16.3 Å². The number of benzene rings is 1. The Morgan fingerprint density at radius 1 is 1.35 bits per heavy atom. The number of hydrogen-bond acceptors (Lipinski definition) is 2. The van der Waals surface area contributed by atoms with Gasteiger partial charge in [-0.1, -0.05) is 23.7 Å². The maximum atomic E-state index is 11.8. The quantitative estimate of drug-likeness (QED) is 0.773. The molecular weight excluding hydrogens is 256 g/mol. The summed E-state index contributed by atoms with van der Waals surface area (Å²) in [5, 5.41) is 0.823. The van der Waals surface area contributed by atoms with Crippen molar-refractivity contribution in [1.29, 1.82) is 0 Å². The Morgan fingerprint density at radius 2 is 1.94 bits per heavy atom. The van der Waals surface area contributed by atoms with E-state index in [1.165, 1.54) is 6.92 Å². The molecular formula is C13H13ClO2S.